The highest BCUT2D eigenvalue weighted by molar-refractivity contribution is 6.01. The number of urea groups is 1. The highest BCUT2D eigenvalue weighted by Gasteiger charge is 2.33. The van der Waals surface area contributed by atoms with Crippen molar-refractivity contribution in [3.8, 4) is 11.8 Å². The molecule has 2 atom stereocenters. The van der Waals surface area contributed by atoms with Gasteiger partial charge in [-0.15, -0.1) is 0 Å². The maximum absolute atomic E-state index is 13.2. The van der Waals surface area contributed by atoms with Gasteiger partial charge in [0, 0.05) is 51.9 Å². The summed E-state index contributed by atoms with van der Waals surface area (Å²) in [5.41, 5.74) is 1.85. The Labute approximate surface area is 220 Å². The molecule has 0 bridgehead atoms. The summed E-state index contributed by atoms with van der Waals surface area (Å²) in [7, 11) is 3.06. The molecule has 2 aromatic heterocycles. The Hall–Kier alpha value is -4.08. The quantitative estimate of drug-likeness (QED) is 0.490. The first-order valence-electron chi connectivity index (χ1n) is 12.3. The Morgan fingerprint density at radius 3 is 2.84 bits per heavy atom. The van der Waals surface area contributed by atoms with Crippen LogP contribution < -0.4 is 15.0 Å². The molecule has 0 aromatic carbocycles. The van der Waals surface area contributed by atoms with Crippen molar-refractivity contribution in [1.82, 2.24) is 14.9 Å². The molecule has 12 nitrogen and oxygen atoms in total. The van der Waals surface area contributed by atoms with Gasteiger partial charge in [0.2, 0.25) is 0 Å². The average Bonchev–Trinajstić information content (AvgIpc) is 3.26. The number of nitrogens with zero attached hydrogens (tertiary/aromatic N) is 5. The number of nitriles is 1. The number of fused-ring (bicyclic) bond motifs is 1. The molecule has 2 aliphatic heterocycles. The Morgan fingerprint density at radius 2 is 2.16 bits per heavy atom. The van der Waals surface area contributed by atoms with Crippen molar-refractivity contribution >= 4 is 29.9 Å². The Kier molecular flexibility index (Phi) is 8.50. The zero-order valence-electron chi connectivity index (χ0n) is 21.6. The van der Waals surface area contributed by atoms with Gasteiger partial charge in [0.25, 0.3) is 5.91 Å². The number of rotatable bonds is 9. The van der Waals surface area contributed by atoms with E-state index in [0.717, 1.165) is 5.56 Å². The van der Waals surface area contributed by atoms with E-state index in [1.54, 1.807) is 18.9 Å². The SMILES string of the molecule is COC[C@H](C)Oc1cc(NC(=O)N2CCCc3cc(CN4CC[C@H](OC)C4=O)c(C=O)nc32)ncc1C#N. The number of ether oxygens (including phenoxy) is 3. The molecule has 2 aromatic rings. The molecule has 4 rings (SSSR count). The standard InChI is InChI=1S/C26H30N6O6/c1-16(15-36-2)38-22-10-23(28-12-19(22)11-27)30-26(35)32-7-4-5-17-9-18(20(14-33)29-24(17)32)13-31-8-6-21(37-3)25(31)34/h9-10,12,14,16,21H,4-8,13,15H2,1-3H3,(H,28,30,35)/t16-,21-/m0/s1. The molecule has 1 fully saturated rings. The highest BCUT2D eigenvalue weighted by Crippen LogP contribution is 2.30. The van der Waals surface area contributed by atoms with Gasteiger partial charge in [0.15, 0.2) is 6.29 Å². The minimum absolute atomic E-state index is 0.113. The van der Waals surface area contributed by atoms with Crippen LogP contribution in [0.2, 0.25) is 0 Å². The second kappa shape index (κ2) is 12.0. The number of methoxy groups -OCH3 is 2. The first-order valence-corrected chi connectivity index (χ1v) is 12.3. The first-order chi connectivity index (χ1) is 18.4. The van der Waals surface area contributed by atoms with E-state index in [-0.39, 0.29) is 41.4 Å². The number of pyridine rings is 2. The summed E-state index contributed by atoms with van der Waals surface area (Å²) >= 11 is 0. The summed E-state index contributed by atoms with van der Waals surface area (Å²) in [6.07, 6.45) is 3.16. The fourth-order valence-corrected chi connectivity index (χ4v) is 4.63. The summed E-state index contributed by atoms with van der Waals surface area (Å²) in [6.45, 7) is 3.31. The molecule has 200 valence electrons. The van der Waals surface area contributed by atoms with Crippen molar-refractivity contribution in [2.75, 3.05) is 44.1 Å². The molecular weight excluding hydrogens is 492 g/mol. The van der Waals surface area contributed by atoms with Crippen molar-refractivity contribution in [2.24, 2.45) is 0 Å². The summed E-state index contributed by atoms with van der Waals surface area (Å²) in [4.78, 5) is 49.5. The minimum Gasteiger partial charge on any atom is -0.487 e. The zero-order chi connectivity index (χ0) is 27.2. The Morgan fingerprint density at radius 1 is 1.34 bits per heavy atom. The van der Waals surface area contributed by atoms with Gasteiger partial charge in [0.1, 0.15) is 46.9 Å². The van der Waals surface area contributed by atoms with Crippen molar-refractivity contribution in [3.63, 3.8) is 0 Å². The van der Waals surface area contributed by atoms with Gasteiger partial charge < -0.3 is 19.1 Å². The number of carbonyl (C=O) groups is 3. The second-order valence-electron chi connectivity index (χ2n) is 9.15. The summed E-state index contributed by atoms with van der Waals surface area (Å²) in [5, 5.41) is 12.1. The van der Waals surface area contributed by atoms with Crippen molar-refractivity contribution in [1.29, 1.82) is 5.26 Å². The molecule has 0 spiro atoms. The molecule has 0 radical (unpaired) electrons. The smallest absolute Gasteiger partial charge is 0.328 e. The van der Waals surface area contributed by atoms with E-state index in [9.17, 15) is 19.6 Å². The second-order valence-corrected chi connectivity index (χ2v) is 9.15. The van der Waals surface area contributed by atoms with Gasteiger partial charge in [-0.3, -0.25) is 19.8 Å². The van der Waals surface area contributed by atoms with E-state index in [0.29, 0.717) is 56.6 Å². The van der Waals surface area contributed by atoms with E-state index in [4.69, 9.17) is 14.2 Å². The molecule has 2 aliphatic rings. The predicted molar refractivity (Wildman–Crippen MR) is 136 cm³/mol. The topological polar surface area (TPSA) is 147 Å². The molecule has 38 heavy (non-hydrogen) atoms. The van der Waals surface area contributed by atoms with Crippen molar-refractivity contribution in [3.05, 3.63) is 40.7 Å². The van der Waals surface area contributed by atoms with Crippen LogP contribution >= 0.6 is 0 Å². The van der Waals surface area contributed by atoms with E-state index < -0.39 is 12.1 Å². The number of nitrogens with one attached hydrogen (secondary N) is 1. The molecule has 3 amide bonds. The Bertz CT molecular complexity index is 1260. The van der Waals surface area contributed by atoms with Crippen LogP contribution in [0.5, 0.6) is 5.75 Å². The van der Waals surface area contributed by atoms with E-state index in [1.165, 1.54) is 24.3 Å². The zero-order valence-corrected chi connectivity index (χ0v) is 21.6. The lowest BCUT2D eigenvalue weighted by Crippen LogP contribution is -2.40. The van der Waals surface area contributed by atoms with Crippen LogP contribution in [0.15, 0.2) is 18.3 Å². The molecule has 1 N–H and O–H groups in total. The molecule has 12 heteroatoms. The van der Waals surface area contributed by atoms with E-state index in [2.05, 4.69) is 15.3 Å². The fourth-order valence-electron chi connectivity index (χ4n) is 4.63. The monoisotopic (exact) mass is 522 g/mol. The molecule has 0 aliphatic carbocycles. The first kappa shape index (κ1) is 27.0. The predicted octanol–water partition coefficient (Wildman–Crippen LogP) is 2.31. The van der Waals surface area contributed by atoms with Crippen LogP contribution in [0, 0.1) is 11.3 Å². The van der Waals surface area contributed by atoms with Gasteiger partial charge in [-0.2, -0.15) is 5.26 Å². The highest BCUT2D eigenvalue weighted by atomic mass is 16.5. The van der Waals surface area contributed by atoms with Crippen LogP contribution in [0.4, 0.5) is 16.4 Å². The summed E-state index contributed by atoms with van der Waals surface area (Å²) in [5.74, 6) is 0.756. The number of aryl methyl sites for hydroxylation is 1. The van der Waals surface area contributed by atoms with Crippen LogP contribution in [-0.2, 0) is 27.2 Å². The van der Waals surface area contributed by atoms with Crippen LogP contribution in [0.25, 0.3) is 0 Å². The van der Waals surface area contributed by atoms with Gasteiger partial charge >= 0.3 is 6.03 Å². The molecular formula is C26H30N6O6. The number of likely N-dealkylation sites (tertiary alicyclic amines) is 1. The Balaban J connectivity index is 1.54. The number of aromatic nitrogens is 2. The minimum atomic E-state index is -0.478. The number of amides is 3. The molecule has 4 heterocycles. The fraction of sp³-hybridized carbons (Fsp3) is 0.462. The number of hydrogen-bond donors (Lipinski definition) is 1. The maximum Gasteiger partial charge on any atom is 0.328 e. The molecule has 0 saturated carbocycles. The van der Waals surface area contributed by atoms with Gasteiger partial charge in [0.05, 0.1) is 12.8 Å². The largest absolute Gasteiger partial charge is 0.487 e. The van der Waals surface area contributed by atoms with Crippen LogP contribution in [0.3, 0.4) is 0 Å². The van der Waals surface area contributed by atoms with Gasteiger partial charge in [-0.05, 0) is 31.4 Å². The number of aldehydes is 1. The number of hydrogen-bond acceptors (Lipinski definition) is 9. The number of anilines is 2. The van der Waals surface area contributed by atoms with Crippen LogP contribution in [-0.4, -0.2) is 79.2 Å². The van der Waals surface area contributed by atoms with Crippen LogP contribution in [0.1, 0.15) is 46.9 Å². The van der Waals surface area contributed by atoms with E-state index in [1.807, 2.05) is 12.1 Å². The average molecular weight is 523 g/mol. The lowest BCUT2D eigenvalue weighted by Gasteiger charge is -2.29. The summed E-state index contributed by atoms with van der Waals surface area (Å²) in [6, 6.07) is 4.88. The maximum atomic E-state index is 13.2. The lowest BCUT2D eigenvalue weighted by molar-refractivity contribution is -0.136. The third-order valence-corrected chi connectivity index (χ3v) is 6.48. The molecule has 0 unspecified atom stereocenters. The molecule has 1 saturated heterocycles. The lowest BCUT2D eigenvalue weighted by atomic mass is 10.0. The van der Waals surface area contributed by atoms with Gasteiger partial charge in [-0.25, -0.2) is 14.8 Å². The number of carbonyl (C=O) groups excluding carboxylic acids is 3. The van der Waals surface area contributed by atoms with Gasteiger partial charge in [-0.1, -0.05) is 0 Å². The van der Waals surface area contributed by atoms with E-state index >= 15 is 0 Å². The third kappa shape index (κ3) is 5.74. The van der Waals surface area contributed by atoms with Crippen molar-refractivity contribution < 1.29 is 28.6 Å². The summed E-state index contributed by atoms with van der Waals surface area (Å²) < 4.78 is 16.1. The normalized spacial score (nSPS) is 17.5. The third-order valence-electron chi connectivity index (χ3n) is 6.48. The van der Waals surface area contributed by atoms with Crippen molar-refractivity contribution in [2.45, 2.75) is 44.9 Å².